The fourth-order valence-electron chi connectivity index (χ4n) is 4.37. The molecule has 34 heavy (non-hydrogen) atoms. The van der Waals surface area contributed by atoms with Crippen molar-refractivity contribution in [2.45, 2.75) is 98.6 Å². The zero-order valence-electron chi connectivity index (χ0n) is 22.3. The first-order valence-corrected chi connectivity index (χ1v) is 12.6. The molecule has 0 saturated carbocycles. The average Bonchev–Trinajstić information content (AvgIpc) is 3.23. The lowest BCUT2D eigenvalue weighted by molar-refractivity contribution is -0.119. The predicted molar refractivity (Wildman–Crippen MR) is 140 cm³/mol. The normalized spacial score (nSPS) is 19.5. The maximum Gasteiger partial charge on any atom is 0.220 e. The Labute approximate surface area is 206 Å². The molecule has 1 aliphatic heterocycles. The quantitative estimate of drug-likeness (QED) is 0.356. The number of hydrogen-bond acceptors (Lipinski definition) is 5. The van der Waals surface area contributed by atoms with Crippen LogP contribution in [0.5, 0.6) is 5.75 Å². The van der Waals surface area contributed by atoms with Crippen molar-refractivity contribution in [2.24, 2.45) is 10.9 Å². The second kappa shape index (κ2) is 13.6. The van der Waals surface area contributed by atoms with Gasteiger partial charge in [-0.05, 0) is 84.1 Å². The van der Waals surface area contributed by atoms with Crippen molar-refractivity contribution in [3.63, 3.8) is 0 Å². The van der Waals surface area contributed by atoms with Crippen LogP contribution in [0, 0.1) is 12.8 Å². The number of nitrogens with one attached hydrogen (secondary N) is 1. The molecule has 0 spiro atoms. The van der Waals surface area contributed by atoms with Gasteiger partial charge in [-0.15, -0.1) is 0 Å². The molecule has 1 aromatic rings. The molecular weight excluding hydrogens is 428 g/mol. The molecule has 0 radical (unpaired) electrons. The largest absolute Gasteiger partial charge is 0.490 e. The van der Waals surface area contributed by atoms with Crippen LogP contribution in [0.15, 0.2) is 23.2 Å². The molecule has 1 aromatic carbocycles. The highest BCUT2D eigenvalue weighted by Crippen LogP contribution is 2.36. The standard InChI is InChI=1S/C28H44N2O4/c1-9-13-29-25-14-23(22(10-2)11-12-26(32-8)21(7)33-18(3)4)15-27(19(25)5)34-20(6)24-16-28(31)30-17-24/h10,13-15,18,20-21,24,26H,9,11-12,16-17H2,1-8H3,(H,30,31). The number of methoxy groups -OCH3 is 1. The second-order valence-corrected chi connectivity index (χ2v) is 9.45. The van der Waals surface area contributed by atoms with Crippen molar-refractivity contribution in [3.05, 3.63) is 29.3 Å². The van der Waals surface area contributed by atoms with Crippen molar-refractivity contribution in [3.8, 4) is 5.75 Å². The van der Waals surface area contributed by atoms with E-state index >= 15 is 0 Å². The zero-order valence-corrected chi connectivity index (χ0v) is 22.3. The van der Waals surface area contributed by atoms with Crippen molar-refractivity contribution < 1.29 is 19.0 Å². The summed E-state index contributed by atoms with van der Waals surface area (Å²) < 4.78 is 18.1. The van der Waals surface area contributed by atoms with Gasteiger partial charge in [0.1, 0.15) is 11.9 Å². The number of benzene rings is 1. The molecule has 190 valence electrons. The highest BCUT2D eigenvalue weighted by atomic mass is 16.5. The fraction of sp³-hybridized carbons (Fsp3) is 0.643. The lowest BCUT2D eigenvalue weighted by atomic mass is 9.95. The first kappa shape index (κ1) is 28.1. The van der Waals surface area contributed by atoms with Gasteiger partial charge in [-0.1, -0.05) is 13.0 Å². The summed E-state index contributed by atoms with van der Waals surface area (Å²) in [6, 6.07) is 4.26. The van der Waals surface area contributed by atoms with Gasteiger partial charge in [-0.2, -0.15) is 0 Å². The lowest BCUT2D eigenvalue weighted by Crippen LogP contribution is -2.30. The first-order chi connectivity index (χ1) is 16.2. The van der Waals surface area contributed by atoms with Crippen molar-refractivity contribution in [1.29, 1.82) is 0 Å². The van der Waals surface area contributed by atoms with Gasteiger partial charge < -0.3 is 19.5 Å². The number of ether oxygens (including phenoxy) is 3. The highest BCUT2D eigenvalue weighted by Gasteiger charge is 2.28. The Morgan fingerprint density at radius 1 is 1.26 bits per heavy atom. The summed E-state index contributed by atoms with van der Waals surface area (Å²) in [4.78, 5) is 16.4. The van der Waals surface area contributed by atoms with E-state index in [1.54, 1.807) is 7.11 Å². The first-order valence-electron chi connectivity index (χ1n) is 12.6. The van der Waals surface area contributed by atoms with E-state index in [9.17, 15) is 4.79 Å². The SMILES string of the molecule is CC=C(CCC(OC)C(C)OC(C)C)c1cc(N=CCC)c(C)c(OC(C)C2CNC(=O)C2)c1. The van der Waals surface area contributed by atoms with E-state index < -0.39 is 0 Å². The summed E-state index contributed by atoms with van der Waals surface area (Å²) in [6.45, 7) is 15.1. The van der Waals surface area contributed by atoms with Gasteiger partial charge in [-0.25, -0.2) is 0 Å². The van der Waals surface area contributed by atoms with Gasteiger partial charge >= 0.3 is 0 Å². The summed E-state index contributed by atoms with van der Waals surface area (Å²) in [5.74, 6) is 1.09. The summed E-state index contributed by atoms with van der Waals surface area (Å²) >= 11 is 0. The van der Waals surface area contributed by atoms with Crippen LogP contribution in [0.2, 0.25) is 0 Å². The van der Waals surface area contributed by atoms with Crippen molar-refractivity contribution >= 4 is 23.4 Å². The van der Waals surface area contributed by atoms with Crippen LogP contribution >= 0.6 is 0 Å². The molecule has 1 fully saturated rings. The van der Waals surface area contributed by atoms with E-state index in [-0.39, 0.29) is 36.2 Å². The smallest absolute Gasteiger partial charge is 0.220 e. The van der Waals surface area contributed by atoms with Gasteiger partial charge in [0, 0.05) is 37.8 Å². The van der Waals surface area contributed by atoms with Crippen LogP contribution in [0.25, 0.3) is 5.57 Å². The molecule has 4 unspecified atom stereocenters. The summed E-state index contributed by atoms with van der Waals surface area (Å²) in [5.41, 5.74) is 4.26. The lowest BCUT2D eigenvalue weighted by Gasteiger charge is -2.26. The molecule has 1 heterocycles. The monoisotopic (exact) mass is 472 g/mol. The van der Waals surface area contributed by atoms with Crippen LogP contribution < -0.4 is 10.1 Å². The number of carbonyl (C=O) groups is 1. The average molecular weight is 473 g/mol. The molecule has 1 amide bonds. The molecule has 1 saturated heterocycles. The van der Waals surface area contributed by atoms with E-state index in [1.807, 2.05) is 33.9 Å². The number of allylic oxidation sites excluding steroid dienone is 2. The minimum absolute atomic E-state index is 0.0172. The summed E-state index contributed by atoms with van der Waals surface area (Å²) in [7, 11) is 1.75. The Morgan fingerprint density at radius 3 is 2.56 bits per heavy atom. The van der Waals surface area contributed by atoms with Crippen LogP contribution in [0.4, 0.5) is 5.69 Å². The van der Waals surface area contributed by atoms with Crippen molar-refractivity contribution in [2.75, 3.05) is 13.7 Å². The maximum absolute atomic E-state index is 11.7. The molecule has 6 nitrogen and oxygen atoms in total. The number of rotatable bonds is 13. The molecule has 4 atom stereocenters. The van der Waals surface area contributed by atoms with Gasteiger partial charge in [0.05, 0.1) is 24.0 Å². The summed E-state index contributed by atoms with van der Waals surface area (Å²) in [5, 5.41) is 2.91. The third-order valence-corrected chi connectivity index (χ3v) is 6.46. The number of aliphatic imine (C=N–C) groups is 1. The Balaban J connectivity index is 2.27. The topological polar surface area (TPSA) is 69.2 Å². The predicted octanol–water partition coefficient (Wildman–Crippen LogP) is 6.02. The molecule has 2 rings (SSSR count). The fourth-order valence-corrected chi connectivity index (χ4v) is 4.37. The van der Waals surface area contributed by atoms with Gasteiger partial charge in [0.2, 0.25) is 5.91 Å². The van der Waals surface area contributed by atoms with E-state index in [1.165, 1.54) is 5.57 Å². The van der Waals surface area contributed by atoms with Crippen LogP contribution in [-0.4, -0.2) is 50.2 Å². The number of amides is 1. The third kappa shape index (κ3) is 7.95. The van der Waals surface area contributed by atoms with E-state index in [0.717, 1.165) is 41.8 Å². The summed E-state index contributed by atoms with van der Waals surface area (Å²) in [6.07, 6.45) is 7.31. The van der Waals surface area contributed by atoms with Gasteiger partial charge in [-0.3, -0.25) is 9.79 Å². The molecule has 0 bridgehead atoms. The molecular formula is C28H44N2O4. The molecule has 0 aromatic heterocycles. The zero-order chi connectivity index (χ0) is 25.3. The van der Waals surface area contributed by atoms with Gasteiger partial charge in [0.15, 0.2) is 0 Å². The molecule has 6 heteroatoms. The van der Waals surface area contributed by atoms with Crippen LogP contribution in [0.3, 0.4) is 0 Å². The van der Waals surface area contributed by atoms with E-state index in [0.29, 0.717) is 13.0 Å². The Hall–Kier alpha value is -2.18. The van der Waals surface area contributed by atoms with Crippen molar-refractivity contribution in [1.82, 2.24) is 5.32 Å². The number of hydrogen-bond donors (Lipinski definition) is 1. The Bertz CT molecular complexity index is 862. The second-order valence-electron chi connectivity index (χ2n) is 9.45. The highest BCUT2D eigenvalue weighted by molar-refractivity contribution is 5.78. The minimum Gasteiger partial charge on any atom is -0.490 e. The number of nitrogens with zero attached hydrogens (tertiary/aromatic N) is 1. The third-order valence-electron chi connectivity index (χ3n) is 6.46. The molecule has 0 aliphatic carbocycles. The van der Waals surface area contributed by atoms with E-state index in [4.69, 9.17) is 19.2 Å². The molecule has 1 N–H and O–H groups in total. The van der Waals surface area contributed by atoms with Crippen LogP contribution in [-0.2, 0) is 14.3 Å². The molecule has 1 aliphatic rings. The van der Waals surface area contributed by atoms with Crippen LogP contribution in [0.1, 0.15) is 78.4 Å². The van der Waals surface area contributed by atoms with E-state index in [2.05, 4.69) is 44.3 Å². The minimum atomic E-state index is -0.0723. The van der Waals surface area contributed by atoms with Gasteiger partial charge in [0.25, 0.3) is 0 Å². The Kier molecular flexibility index (Phi) is 11.3. The maximum atomic E-state index is 11.7. The Morgan fingerprint density at radius 2 is 2.00 bits per heavy atom. The number of carbonyl (C=O) groups excluding carboxylic acids is 1.